The predicted octanol–water partition coefficient (Wildman–Crippen LogP) is 5.17. The fraction of sp³-hybridized carbons (Fsp3) is 0.286. The molecule has 1 nitrogen and oxygen atoms in total. The van der Waals surface area contributed by atoms with Gasteiger partial charge in [0.05, 0.1) is 16.1 Å². The molecule has 1 N–H and O–H groups in total. The fourth-order valence-corrected chi connectivity index (χ4v) is 3.86. The summed E-state index contributed by atoms with van der Waals surface area (Å²) in [5.74, 6) is -1.65. The van der Waals surface area contributed by atoms with Crippen LogP contribution in [0.5, 0.6) is 0 Å². The summed E-state index contributed by atoms with van der Waals surface area (Å²) in [5.41, 5.74) is 1.32. The van der Waals surface area contributed by atoms with Gasteiger partial charge in [-0.05, 0) is 43.0 Å². The molecule has 0 radical (unpaired) electrons. The number of anilines is 1. The average molecular weight is 300 g/mol. The van der Waals surface area contributed by atoms with Crippen LogP contribution in [-0.2, 0) is 6.42 Å². The molecule has 0 spiro atoms. The second kappa shape index (κ2) is 5.10. The third-order valence-corrected chi connectivity index (χ3v) is 4.70. The number of rotatable bonds is 2. The molecule has 0 saturated carbocycles. The molecule has 1 heterocycles. The first-order valence-corrected chi connectivity index (χ1v) is 7.33. The van der Waals surface area contributed by atoms with Crippen LogP contribution in [-0.4, -0.2) is 0 Å². The first-order valence-electron chi connectivity index (χ1n) is 6.14. The molecule has 0 fully saturated rings. The summed E-state index contributed by atoms with van der Waals surface area (Å²) in [6, 6.07) is 6.11. The van der Waals surface area contributed by atoms with Crippen molar-refractivity contribution in [1.29, 1.82) is 0 Å². The third-order valence-electron chi connectivity index (χ3n) is 3.37. The number of hydrogen-bond donors (Lipinski definition) is 1. The summed E-state index contributed by atoms with van der Waals surface area (Å²) in [5, 5.41) is 3.09. The molecule has 100 valence electrons. The number of thiophene rings is 1. The third kappa shape index (κ3) is 2.47. The van der Waals surface area contributed by atoms with E-state index in [2.05, 4.69) is 5.32 Å². The molecular weight excluding hydrogens is 288 g/mol. The minimum atomic E-state index is -0.829. The van der Waals surface area contributed by atoms with Gasteiger partial charge in [-0.3, -0.25) is 0 Å². The van der Waals surface area contributed by atoms with Crippen LogP contribution in [0, 0.1) is 11.6 Å². The van der Waals surface area contributed by atoms with E-state index in [4.69, 9.17) is 11.6 Å². The van der Waals surface area contributed by atoms with E-state index in [1.165, 1.54) is 10.9 Å². The highest BCUT2D eigenvalue weighted by Gasteiger charge is 2.23. The SMILES string of the molecule is Fc1cccc(NC2CCCc3sc(Cl)cc32)c1F. The van der Waals surface area contributed by atoms with E-state index in [0.717, 1.165) is 35.2 Å². The Morgan fingerprint density at radius 2 is 2.16 bits per heavy atom. The first kappa shape index (κ1) is 12.9. The summed E-state index contributed by atoms with van der Waals surface area (Å²) >= 11 is 7.60. The van der Waals surface area contributed by atoms with E-state index in [1.54, 1.807) is 17.4 Å². The highest BCUT2D eigenvalue weighted by Crippen LogP contribution is 2.39. The highest BCUT2D eigenvalue weighted by molar-refractivity contribution is 7.16. The van der Waals surface area contributed by atoms with E-state index >= 15 is 0 Å². The van der Waals surface area contributed by atoms with Gasteiger partial charge < -0.3 is 5.32 Å². The maximum Gasteiger partial charge on any atom is 0.181 e. The van der Waals surface area contributed by atoms with Crippen LogP contribution in [0.3, 0.4) is 0 Å². The van der Waals surface area contributed by atoms with Gasteiger partial charge in [-0.1, -0.05) is 17.7 Å². The van der Waals surface area contributed by atoms with Gasteiger partial charge in [0.25, 0.3) is 0 Å². The summed E-state index contributed by atoms with van der Waals surface area (Å²) in [6.07, 6.45) is 2.94. The lowest BCUT2D eigenvalue weighted by Gasteiger charge is -2.24. The van der Waals surface area contributed by atoms with Crippen molar-refractivity contribution in [3.63, 3.8) is 0 Å². The number of halogens is 3. The molecule has 1 aromatic heterocycles. The molecule has 2 aromatic rings. The Balaban J connectivity index is 1.90. The molecule has 1 aromatic carbocycles. The van der Waals surface area contributed by atoms with Crippen molar-refractivity contribution >= 4 is 28.6 Å². The maximum absolute atomic E-state index is 13.7. The molecule has 0 aliphatic heterocycles. The quantitative estimate of drug-likeness (QED) is 0.806. The molecule has 0 amide bonds. The van der Waals surface area contributed by atoms with Crippen molar-refractivity contribution in [3.8, 4) is 0 Å². The minimum absolute atomic E-state index is 0.00352. The number of fused-ring (bicyclic) bond motifs is 1. The lowest BCUT2D eigenvalue weighted by molar-refractivity contribution is 0.507. The van der Waals surface area contributed by atoms with E-state index in [0.29, 0.717) is 0 Å². The largest absolute Gasteiger partial charge is 0.376 e. The van der Waals surface area contributed by atoms with Crippen molar-refractivity contribution < 1.29 is 8.78 Å². The zero-order chi connectivity index (χ0) is 13.4. The van der Waals surface area contributed by atoms with E-state index < -0.39 is 11.6 Å². The highest BCUT2D eigenvalue weighted by atomic mass is 35.5. The minimum Gasteiger partial charge on any atom is -0.376 e. The summed E-state index contributed by atoms with van der Waals surface area (Å²) in [7, 11) is 0. The van der Waals surface area contributed by atoms with Crippen LogP contribution in [0.4, 0.5) is 14.5 Å². The normalized spacial score (nSPS) is 18.2. The Kier molecular flexibility index (Phi) is 3.46. The van der Waals surface area contributed by atoms with Gasteiger partial charge in [0.1, 0.15) is 0 Å². The van der Waals surface area contributed by atoms with E-state index in [9.17, 15) is 8.78 Å². The molecule has 19 heavy (non-hydrogen) atoms. The Hall–Kier alpha value is -1.13. The van der Waals surface area contributed by atoms with Gasteiger partial charge in [-0.15, -0.1) is 11.3 Å². The molecule has 1 unspecified atom stereocenters. The smallest absolute Gasteiger partial charge is 0.181 e. The zero-order valence-electron chi connectivity index (χ0n) is 10.1. The van der Waals surface area contributed by atoms with E-state index in [-0.39, 0.29) is 11.7 Å². The van der Waals surface area contributed by atoms with Gasteiger partial charge in [-0.25, -0.2) is 8.78 Å². The molecule has 0 bridgehead atoms. The number of benzene rings is 1. The van der Waals surface area contributed by atoms with Crippen LogP contribution in [0.2, 0.25) is 4.34 Å². The number of aryl methyl sites for hydroxylation is 1. The Bertz CT molecular complexity index is 611. The second-order valence-corrected chi connectivity index (χ2v) is 6.39. The number of nitrogens with one attached hydrogen (secondary N) is 1. The lowest BCUT2D eigenvalue weighted by Crippen LogP contribution is -2.16. The molecule has 3 rings (SSSR count). The van der Waals surface area contributed by atoms with Crippen LogP contribution >= 0.6 is 22.9 Å². The van der Waals surface area contributed by atoms with Crippen molar-refractivity contribution in [2.24, 2.45) is 0 Å². The lowest BCUT2D eigenvalue weighted by atomic mass is 9.94. The van der Waals surface area contributed by atoms with Crippen molar-refractivity contribution in [3.05, 3.63) is 50.7 Å². The van der Waals surface area contributed by atoms with Crippen LogP contribution < -0.4 is 5.32 Å². The monoisotopic (exact) mass is 299 g/mol. The summed E-state index contributed by atoms with van der Waals surface area (Å²) < 4.78 is 27.6. The molecule has 5 heteroatoms. The van der Waals surface area contributed by atoms with Crippen LogP contribution in [0.25, 0.3) is 0 Å². The average Bonchev–Trinajstić information content (AvgIpc) is 2.76. The molecule has 1 aliphatic carbocycles. The van der Waals surface area contributed by atoms with Crippen LogP contribution in [0.1, 0.15) is 29.3 Å². The van der Waals surface area contributed by atoms with Crippen molar-refractivity contribution in [1.82, 2.24) is 0 Å². The molecule has 0 saturated heterocycles. The summed E-state index contributed by atoms with van der Waals surface area (Å²) in [4.78, 5) is 1.24. The van der Waals surface area contributed by atoms with Crippen molar-refractivity contribution in [2.45, 2.75) is 25.3 Å². The molecular formula is C14H12ClF2NS. The first-order chi connectivity index (χ1) is 9.15. The van der Waals surface area contributed by atoms with E-state index in [1.807, 2.05) is 6.07 Å². The second-order valence-electron chi connectivity index (χ2n) is 4.62. The van der Waals surface area contributed by atoms with Gasteiger partial charge in [0, 0.05) is 4.88 Å². The summed E-state index contributed by atoms with van der Waals surface area (Å²) in [6.45, 7) is 0. The fourth-order valence-electron chi connectivity index (χ4n) is 2.47. The molecule has 1 aliphatic rings. The van der Waals surface area contributed by atoms with Gasteiger partial charge >= 0.3 is 0 Å². The van der Waals surface area contributed by atoms with Crippen molar-refractivity contribution in [2.75, 3.05) is 5.32 Å². The zero-order valence-corrected chi connectivity index (χ0v) is 11.6. The topological polar surface area (TPSA) is 12.0 Å². The Labute approximate surface area is 119 Å². The number of hydrogen-bond acceptors (Lipinski definition) is 2. The standard InChI is InChI=1S/C14H12ClF2NS/c15-13-7-8-10(4-2-6-12(8)19-13)18-11-5-1-3-9(16)14(11)17/h1,3,5,7,10,18H,2,4,6H2. The molecule has 1 atom stereocenters. The van der Waals surface area contributed by atoms with Crippen LogP contribution in [0.15, 0.2) is 24.3 Å². The Morgan fingerprint density at radius 1 is 1.32 bits per heavy atom. The van der Waals surface area contributed by atoms with Gasteiger partial charge in [-0.2, -0.15) is 0 Å². The van der Waals surface area contributed by atoms with Gasteiger partial charge in [0.15, 0.2) is 11.6 Å². The maximum atomic E-state index is 13.7. The Morgan fingerprint density at radius 3 is 3.00 bits per heavy atom. The predicted molar refractivity (Wildman–Crippen MR) is 75.0 cm³/mol. The van der Waals surface area contributed by atoms with Gasteiger partial charge in [0.2, 0.25) is 0 Å².